The molecular weight excluding hydrogens is 221 g/mol. The molecule has 1 heterocycles. The second kappa shape index (κ2) is 3.99. The van der Waals surface area contributed by atoms with Crippen LogP contribution in [0, 0.1) is 5.82 Å². The molecule has 1 unspecified atom stereocenters. The lowest BCUT2D eigenvalue weighted by molar-refractivity contribution is 0.624. The Hall–Kier alpha value is -0.410. The second-order valence-electron chi connectivity index (χ2n) is 3.29. The van der Waals surface area contributed by atoms with Crippen molar-refractivity contribution in [3.63, 3.8) is 0 Å². The van der Waals surface area contributed by atoms with Crippen LogP contribution in [-0.2, 0) is 0 Å². The zero-order valence-corrected chi connectivity index (χ0v) is 9.38. The largest absolute Gasteiger partial charge is 0.383 e. The molecule has 2 rings (SSSR count). The Balaban J connectivity index is 2.33. The molecule has 1 atom stereocenters. The molecule has 1 N–H and O–H groups in total. The van der Waals surface area contributed by atoms with Crippen LogP contribution < -0.4 is 5.32 Å². The first-order valence-electron chi connectivity index (χ1n) is 4.60. The van der Waals surface area contributed by atoms with Gasteiger partial charge in [0.25, 0.3) is 0 Å². The molecule has 1 aromatic rings. The average molecular weight is 232 g/mol. The van der Waals surface area contributed by atoms with E-state index in [9.17, 15) is 4.39 Å². The topological polar surface area (TPSA) is 12.0 Å². The Morgan fingerprint density at radius 1 is 1.64 bits per heavy atom. The molecule has 0 spiro atoms. The Kier molecular flexibility index (Phi) is 2.88. The van der Waals surface area contributed by atoms with Crippen molar-refractivity contribution in [2.24, 2.45) is 0 Å². The SMILES string of the molecule is CCC1CNc2cc(Cl)c(F)cc2S1. The van der Waals surface area contributed by atoms with Crippen LogP contribution in [0.2, 0.25) is 5.02 Å². The summed E-state index contributed by atoms with van der Waals surface area (Å²) in [6.45, 7) is 3.06. The van der Waals surface area contributed by atoms with Gasteiger partial charge in [-0.1, -0.05) is 18.5 Å². The molecule has 76 valence electrons. The zero-order chi connectivity index (χ0) is 10.1. The smallest absolute Gasteiger partial charge is 0.143 e. The Morgan fingerprint density at radius 3 is 3.14 bits per heavy atom. The summed E-state index contributed by atoms with van der Waals surface area (Å²) in [6, 6.07) is 3.17. The summed E-state index contributed by atoms with van der Waals surface area (Å²) >= 11 is 7.41. The molecule has 14 heavy (non-hydrogen) atoms. The van der Waals surface area contributed by atoms with Crippen LogP contribution in [0.5, 0.6) is 0 Å². The Bertz CT molecular complexity index is 356. The van der Waals surface area contributed by atoms with E-state index in [-0.39, 0.29) is 10.8 Å². The molecule has 0 saturated carbocycles. The zero-order valence-electron chi connectivity index (χ0n) is 7.81. The highest BCUT2D eigenvalue weighted by molar-refractivity contribution is 8.00. The summed E-state index contributed by atoms with van der Waals surface area (Å²) < 4.78 is 13.2. The van der Waals surface area contributed by atoms with Gasteiger partial charge in [0.15, 0.2) is 0 Å². The predicted molar refractivity (Wildman–Crippen MR) is 59.8 cm³/mol. The third-order valence-electron chi connectivity index (χ3n) is 2.29. The molecule has 0 aliphatic carbocycles. The van der Waals surface area contributed by atoms with Crippen molar-refractivity contribution < 1.29 is 4.39 Å². The molecule has 1 aliphatic heterocycles. The average Bonchev–Trinajstić information content (AvgIpc) is 2.19. The first-order chi connectivity index (χ1) is 6.70. The minimum atomic E-state index is -0.337. The quantitative estimate of drug-likeness (QED) is 0.790. The lowest BCUT2D eigenvalue weighted by Gasteiger charge is -2.24. The maximum atomic E-state index is 13.2. The molecule has 0 aromatic heterocycles. The number of nitrogens with one attached hydrogen (secondary N) is 1. The normalized spacial score (nSPS) is 20.1. The van der Waals surface area contributed by atoms with Crippen LogP contribution >= 0.6 is 23.4 Å². The first kappa shape index (κ1) is 10.1. The number of hydrogen-bond acceptors (Lipinski definition) is 2. The summed E-state index contributed by atoms with van der Waals surface area (Å²) in [6.07, 6.45) is 1.08. The molecule has 0 radical (unpaired) electrons. The highest BCUT2D eigenvalue weighted by Crippen LogP contribution is 2.38. The molecule has 1 aromatic carbocycles. The fourth-order valence-electron chi connectivity index (χ4n) is 1.44. The molecule has 0 saturated heterocycles. The molecule has 0 amide bonds. The van der Waals surface area contributed by atoms with Crippen LogP contribution in [0.3, 0.4) is 0 Å². The highest BCUT2D eigenvalue weighted by Gasteiger charge is 2.19. The number of anilines is 1. The van der Waals surface area contributed by atoms with E-state index in [0.29, 0.717) is 5.25 Å². The third-order valence-corrected chi connectivity index (χ3v) is 4.01. The summed E-state index contributed by atoms with van der Waals surface area (Å²) in [5.74, 6) is -0.337. The highest BCUT2D eigenvalue weighted by atomic mass is 35.5. The Morgan fingerprint density at radius 2 is 2.43 bits per heavy atom. The van der Waals surface area contributed by atoms with Gasteiger partial charge in [-0.15, -0.1) is 11.8 Å². The maximum absolute atomic E-state index is 13.2. The van der Waals surface area contributed by atoms with Gasteiger partial charge in [-0.2, -0.15) is 0 Å². The number of thioether (sulfide) groups is 1. The van der Waals surface area contributed by atoms with Crippen LogP contribution in [0.1, 0.15) is 13.3 Å². The molecular formula is C10H11ClFNS. The van der Waals surface area contributed by atoms with Crippen molar-refractivity contribution in [3.05, 3.63) is 23.0 Å². The van der Waals surface area contributed by atoms with Gasteiger partial charge in [-0.25, -0.2) is 4.39 Å². The summed E-state index contributed by atoms with van der Waals surface area (Å²) in [4.78, 5) is 0.963. The summed E-state index contributed by atoms with van der Waals surface area (Å²) in [5, 5.41) is 3.98. The van der Waals surface area contributed by atoms with E-state index in [0.717, 1.165) is 23.5 Å². The number of halogens is 2. The number of fused-ring (bicyclic) bond motifs is 1. The van der Waals surface area contributed by atoms with Crippen molar-refractivity contribution >= 4 is 29.1 Å². The summed E-state index contributed by atoms with van der Waals surface area (Å²) in [7, 11) is 0. The number of rotatable bonds is 1. The second-order valence-corrected chi connectivity index (χ2v) is 5.04. The van der Waals surface area contributed by atoms with Crippen LogP contribution in [0.15, 0.2) is 17.0 Å². The van der Waals surface area contributed by atoms with E-state index in [1.165, 1.54) is 6.07 Å². The van der Waals surface area contributed by atoms with E-state index in [2.05, 4.69) is 12.2 Å². The minimum Gasteiger partial charge on any atom is -0.383 e. The molecule has 0 bridgehead atoms. The lowest BCUT2D eigenvalue weighted by atomic mass is 10.2. The molecule has 1 nitrogen and oxygen atoms in total. The van der Waals surface area contributed by atoms with Gasteiger partial charge in [0.2, 0.25) is 0 Å². The standard InChI is InChI=1S/C10H11ClFNS/c1-2-6-5-13-9-3-7(11)8(12)4-10(9)14-6/h3-4,6,13H,2,5H2,1H3. The van der Waals surface area contributed by atoms with E-state index in [1.807, 2.05) is 0 Å². The molecule has 1 aliphatic rings. The molecule has 4 heteroatoms. The van der Waals surface area contributed by atoms with Gasteiger partial charge in [0, 0.05) is 22.4 Å². The monoisotopic (exact) mass is 231 g/mol. The first-order valence-corrected chi connectivity index (χ1v) is 5.86. The van der Waals surface area contributed by atoms with Gasteiger partial charge in [-0.05, 0) is 18.6 Å². The van der Waals surface area contributed by atoms with Gasteiger partial charge in [0.1, 0.15) is 5.82 Å². The fraction of sp³-hybridized carbons (Fsp3) is 0.400. The van der Waals surface area contributed by atoms with Crippen LogP contribution in [0.25, 0.3) is 0 Å². The van der Waals surface area contributed by atoms with Crippen molar-refractivity contribution in [1.29, 1.82) is 0 Å². The van der Waals surface area contributed by atoms with Gasteiger partial charge < -0.3 is 5.32 Å². The van der Waals surface area contributed by atoms with Gasteiger partial charge in [0.05, 0.1) is 5.02 Å². The fourth-order valence-corrected chi connectivity index (χ4v) is 2.72. The van der Waals surface area contributed by atoms with Crippen molar-refractivity contribution in [2.45, 2.75) is 23.5 Å². The number of hydrogen-bond donors (Lipinski definition) is 1. The van der Waals surface area contributed by atoms with E-state index in [4.69, 9.17) is 11.6 Å². The van der Waals surface area contributed by atoms with E-state index >= 15 is 0 Å². The van der Waals surface area contributed by atoms with E-state index in [1.54, 1.807) is 17.8 Å². The minimum absolute atomic E-state index is 0.187. The van der Waals surface area contributed by atoms with Gasteiger partial charge >= 0.3 is 0 Å². The number of benzene rings is 1. The molecule has 0 fully saturated rings. The summed E-state index contributed by atoms with van der Waals surface area (Å²) in [5.41, 5.74) is 0.950. The van der Waals surface area contributed by atoms with Crippen molar-refractivity contribution in [2.75, 3.05) is 11.9 Å². The van der Waals surface area contributed by atoms with Crippen LogP contribution in [-0.4, -0.2) is 11.8 Å². The van der Waals surface area contributed by atoms with Crippen LogP contribution in [0.4, 0.5) is 10.1 Å². The third kappa shape index (κ3) is 1.84. The predicted octanol–water partition coefficient (Wildman–Crippen LogP) is 3.78. The Labute approximate surface area is 92.0 Å². The van der Waals surface area contributed by atoms with E-state index < -0.39 is 0 Å². The van der Waals surface area contributed by atoms with Crippen molar-refractivity contribution in [3.8, 4) is 0 Å². The van der Waals surface area contributed by atoms with Crippen molar-refractivity contribution in [1.82, 2.24) is 0 Å². The van der Waals surface area contributed by atoms with Gasteiger partial charge in [-0.3, -0.25) is 0 Å². The maximum Gasteiger partial charge on any atom is 0.143 e. The lowest BCUT2D eigenvalue weighted by Crippen LogP contribution is -2.20.